The van der Waals surface area contributed by atoms with Crippen LogP contribution in [0.4, 0.5) is 0 Å². The summed E-state index contributed by atoms with van der Waals surface area (Å²) < 4.78 is 9.34. The topological polar surface area (TPSA) is 82.2 Å². The SMILES string of the molecule is CCCC(/C(C(=O)OCC)=C(/C)O)C(c1cn(C)c2ccccc12)n1nnc2ccccc21. The Hall–Kier alpha value is -3.61. The molecule has 0 bridgehead atoms. The van der Waals surface area contributed by atoms with E-state index in [1.807, 2.05) is 48.1 Å². The Balaban J connectivity index is 2.02. The molecule has 1 N–H and O–H groups in total. The van der Waals surface area contributed by atoms with Crippen LogP contribution in [-0.4, -0.2) is 37.2 Å². The molecule has 7 nitrogen and oxygen atoms in total. The number of aromatic nitrogens is 4. The van der Waals surface area contributed by atoms with Gasteiger partial charge in [-0.25, -0.2) is 9.48 Å². The molecule has 0 saturated heterocycles. The number of carbonyl (C=O) groups is 1. The van der Waals surface area contributed by atoms with Crippen LogP contribution in [0, 0.1) is 5.92 Å². The number of fused-ring (bicyclic) bond motifs is 2. The van der Waals surface area contributed by atoms with Gasteiger partial charge < -0.3 is 14.4 Å². The number of benzene rings is 2. The second kappa shape index (κ2) is 9.48. The van der Waals surface area contributed by atoms with Crippen LogP contribution in [0.25, 0.3) is 21.9 Å². The van der Waals surface area contributed by atoms with E-state index in [0.717, 1.165) is 33.9 Å². The van der Waals surface area contributed by atoms with Crippen LogP contribution in [-0.2, 0) is 16.6 Å². The van der Waals surface area contributed by atoms with Crippen molar-refractivity contribution in [2.24, 2.45) is 13.0 Å². The number of carbonyl (C=O) groups excluding carboxylic acids is 1. The molecule has 0 radical (unpaired) electrons. The van der Waals surface area contributed by atoms with Gasteiger partial charge in [0.15, 0.2) is 0 Å². The van der Waals surface area contributed by atoms with Gasteiger partial charge >= 0.3 is 5.97 Å². The van der Waals surface area contributed by atoms with Crippen molar-refractivity contribution >= 4 is 27.9 Å². The van der Waals surface area contributed by atoms with Gasteiger partial charge in [-0.2, -0.15) is 0 Å². The largest absolute Gasteiger partial charge is 0.512 e. The van der Waals surface area contributed by atoms with Gasteiger partial charge in [-0.3, -0.25) is 0 Å². The molecule has 0 fully saturated rings. The van der Waals surface area contributed by atoms with E-state index < -0.39 is 5.97 Å². The van der Waals surface area contributed by atoms with E-state index in [9.17, 15) is 9.90 Å². The van der Waals surface area contributed by atoms with Crippen LogP contribution in [0.5, 0.6) is 0 Å². The van der Waals surface area contributed by atoms with Crippen LogP contribution in [0.1, 0.15) is 45.2 Å². The van der Waals surface area contributed by atoms with Crippen molar-refractivity contribution in [3.8, 4) is 0 Å². The van der Waals surface area contributed by atoms with Crippen molar-refractivity contribution < 1.29 is 14.6 Å². The molecule has 7 heteroatoms. The lowest BCUT2D eigenvalue weighted by Crippen LogP contribution is -2.28. The highest BCUT2D eigenvalue weighted by Gasteiger charge is 2.36. The van der Waals surface area contributed by atoms with Crippen molar-refractivity contribution in [1.82, 2.24) is 19.6 Å². The number of para-hydroxylation sites is 2. The van der Waals surface area contributed by atoms with Crippen LogP contribution >= 0.6 is 0 Å². The maximum atomic E-state index is 13.0. The van der Waals surface area contributed by atoms with E-state index in [1.165, 1.54) is 0 Å². The van der Waals surface area contributed by atoms with Gasteiger partial charge in [0.25, 0.3) is 0 Å². The number of aryl methyl sites for hydroxylation is 1. The Morgan fingerprint density at radius 1 is 1.09 bits per heavy atom. The van der Waals surface area contributed by atoms with E-state index in [2.05, 4.69) is 40.1 Å². The number of aliphatic hydroxyl groups excluding tert-OH is 1. The Kier molecular flexibility index (Phi) is 6.49. The zero-order valence-corrected chi connectivity index (χ0v) is 19.5. The summed E-state index contributed by atoms with van der Waals surface area (Å²) in [4.78, 5) is 13.0. The fourth-order valence-corrected chi connectivity index (χ4v) is 4.77. The maximum Gasteiger partial charge on any atom is 0.337 e. The molecule has 0 aliphatic carbocycles. The Labute approximate surface area is 193 Å². The van der Waals surface area contributed by atoms with Crippen LogP contribution in [0.15, 0.2) is 66.1 Å². The molecule has 172 valence electrons. The minimum absolute atomic E-state index is 0.0263. The third-order valence-electron chi connectivity index (χ3n) is 6.12. The van der Waals surface area contributed by atoms with E-state index in [-0.39, 0.29) is 29.9 Å². The fraction of sp³-hybridized carbons (Fsp3) is 0.346. The highest BCUT2D eigenvalue weighted by molar-refractivity contribution is 5.90. The smallest absolute Gasteiger partial charge is 0.337 e. The van der Waals surface area contributed by atoms with Gasteiger partial charge in [0.05, 0.1) is 29.5 Å². The number of hydrogen-bond donors (Lipinski definition) is 1. The summed E-state index contributed by atoms with van der Waals surface area (Å²) in [6.07, 6.45) is 3.56. The first-order valence-electron chi connectivity index (χ1n) is 11.4. The first kappa shape index (κ1) is 22.6. The quantitative estimate of drug-likeness (QED) is 0.225. The lowest BCUT2D eigenvalue weighted by molar-refractivity contribution is -0.139. The summed E-state index contributed by atoms with van der Waals surface area (Å²) in [6.45, 7) is 5.63. The fourth-order valence-electron chi connectivity index (χ4n) is 4.77. The van der Waals surface area contributed by atoms with E-state index >= 15 is 0 Å². The Bertz CT molecular complexity index is 1310. The van der Waals surface area contributed by atoms with Gasteiger partial charge in [0, 0.05) is 35.6 Å². The third-order valence-corrected chi connectivity index (χ3v) is 6.12. The maximum absolute atomic E-state index is 13.0. The highest BCUT2D eigenvalue weighted by Crippen LogP contribution is 2.41. The molecule has 2 atom stereocenters. The van der Waals surface area contributed by atoms with E-state index in [0.29, 0.717) is 6.42 Å². The molecule has 4 aromatic rings. The molecule has 0 aliphatic heterocycles. The zero-order chi connectivity index (χ0) is 23.5. The summed E-state index contributed by atoms with van der Waals surface area (Å²) in [5.41, 5.74) is 4.04. The second-order valence-corrected chi connectivity index (χ2v) is 8.29. The number of ether oxygens (including phenoxy) is 1. The summed E-state index contributed by atoms with van der Waals surface area (Å²) in [5.74, 6) is -0.887. The Morgan fingerprint density at radius 3 is 2.48 bits per heavy atom. The molecular formula is C26H30N4O3. The van der Waals surface area contributed by atoms with Crippen LogP contribution in [0.3, 0.4) is 0 Å². The predicted octanol–water partition coefficient (Wildman–Crippen LogP) is 5.32. The first-order valence-corrected chi connectivity index (χ1v) is 11.4. The van der Waals surface area contributed by atoms with Gasteiger partial charge in [-0.15, -0.1) is 5.10 Å². The van der Waals surface area contributed by atoms with Gasteiger partial charge in [0.2, 0.25) is 0 Å². The van der Waals surface area contributed by atoms with Crippen LogP contribution < -0.4 is 0 Å². The van der Waals surface area contributed by atoms with E-state index in [1.54, 1.807) is 13.8 Å². The molecule has 2 heterocycles. The predicted molar refractivity (Wildman–Crippen MR) is 129 cm³/mol. The normalized spacial score (nSPS) is 14.3. The molecule has 2 aromatic heterocycles. The second-order valence-electron chi connectivity index (χ2n) is 8.29. The third kappa shape index (κ3) is 4.11. The van der Waals surface area contributed by atoms with E-state index in [4.69, 9.17) is 4.74 Å². The molecule has 0 amide bonds. The van der Waals surface area contributed by atoms with Crippen molar-refractivity contribution in [3.63, 3.8) is 0 Å². The van der Waals surface area contributed by atoms with Crippen LogP contribution in [0.2, 0.25) is 0 Å². The van der Waals surface area contributed by atoms with Crippen molar-refractivity contribution in [2.45, 2.75) is 39.7 Å². The highest BCUT2D eigenvalue weighted by atomic mass is 16.5. The molecule has 2 unspecified atom stereocenters. The monoisotopic (exact) mass is 446 g/mol. The summed E-state index contributed by atoms with van der Waals surface area (Å²) in [6, 6.07) is 15.6. The average Bonchev–Trinajstić information content (AvgIpc) is 3.36. The number of allylic oxidation sites excluding steroid dienone is 1. The molecule has 2 aromatic carbocycles. The Morgan fingerprint density at radius 2 is 1.79 bits per heavy atom. The number of aliphatic hydroxyl groups is 1. The lowest BCUT2D eigenvalue weighted by Gasteiger charge is -2.29. The molecule has 0 spiro atoms. The molecule has 33 heavy (non-hydrogen) atoms. The van der Waals surface area contributed by atoms with Crippen molar-refractivity contribution in [1.29, 1.82) is 0 Å². The molecule has 4 rings (SSSR count). The number of hydrogen-bond acceptors (Lipinski definition) is 5. The summed E-state index contributed by atoms with van der Waals surface area (Å²) >= 11 is 0. The minimum Gasteiger partial charge on any atom is -0.512 e. The summed E-state index contributed by atoms with van der Waals surface area (Å²) in [5, 5.41) is 20.7. The van der Waals surface area contributed by atoms with Gasteiger partial charge in [-0.05, 0) is 38.5 Å². The average molecular weight is 447 g/mol. The standard InChI is InChI=1S/C26H30N4O3/c1-5-11-19(24(17(3)31)26(32)33-6-2)25(30-23-15-10-8-13-21(23)27-28-30)20-16-29(4)22-14-9-7-12-18(20)22/h7-10,12-16,19,25,31H,5-6,11H2,1-4H3/b24-17+. The summed E-state index contributed by atoms with van der Waals surface area (Å²) in [7, 11) is 2.01. The zero-order valence-electron chi connectivity index (χ0n) is 19.5. The number of rotatable bonds is 8. The van der Waals surface area contributed by atoms with Crippen molar-refractivity contribution in [2.75, 3.05) is 6.61 Å². The van der Waals surface area contributed by atoms with Gasteiger partial charge in [0.1, 0.15) is 5.52 Å². The van der Waals surface area contributed by atoms with Gasteiger partial charge in [-0.1, -0.05) is 48.9 Å². The minimum atomic E-state index is -0.495. The lowest BCUT2D eigenvalue weighted by atomic mass is 9.82. The number of esters is 1. The first-order chi connectivity index (χ1) is 16.0. The molecule has 0 saturated carbocycles. The molecule has 0 aliphatic rings. The molecular weight excluding hydrogens is 416 g/mol. The number of nitrogens with zero attached hydrogens (tertiary/aromatic N) is 4. The van der Waals surface area contributed by atoms with Crippen molar-refractivity contribution in [3.05, 3.63) is 71.6 Å².